The Morgan fingerprint density at radius 1 is 1.11 bits per heavy atom. The smallest absolute Gasteiger partial charge is 0.347 e. The first-order chi connectivity index (χ1) is 18.0. The minimum atomic E-state index is -0.561. The van der Waals surface area contributed by atoms with Crippen molar-refractivity contribution in [3.63, 3.8) is 0 Å². The number of nitro benzene ring substituents is 1. The second kappa shape index (κ2) is 11.8. The molecule has 3 aromatic carbocycles. The molecule has 0 saturated carbocycles. The summed E-state index contributed by atoms with van der Waals surface area (Å²) in [5.74, 6) is 0.522. The van der Waals surface area contributed by atoms with Crippen molar-refractivity contribution in [3.05, 3.63) is 93.4 Å². The molecule has 4 aromatic rings. The fourth-order valence-electron chi connectivity index (χ4n) is 3.30. The van der Waals surface area contributed by atoms with Gasteiger partial charge in [-0.3, -0.25) is 15.5 Å². The first-order valence-corrected chi connectivity index (χ1v) is 12.0. The number of anilines is 1. The molecule has 1 heterocycles. The highest BCUT2D eigenvalue weighted by Gasteiger charge is 2.17. The summed E-state index contributed by atoms with van der Waals surface area (Å²) in [5.41, 5.74) is 5.35. The summed E-state index contributed by atoms with van der Waals surface area (Å²) in [7, 11) is 1.49. The van der Waals surface area contributed by atoms with Crippen LogP contribution >= 0.6 is 11.3 Å². The summed E-state index contributed by atoms with van der Waals surface area (Å²) >= 11 is 1.35. The fourth-order valence-corrected chi connectivity index (χ4v) is 3.97. The van der Waals surface area contributed by atoms with Crippen molar-refractivity contribution < 1.29 is 23.9 Å². The van der Waals surface area contributed by atoms with Crippen molar-refractivity contribution >= 4 is 34.3 Å². The van der Waals surface area contributed by atoms with Gasteiger partial charge in [-0.05, 0) is 55.0 Å². The molecule has 11 heteroatoms. The molecular weight excluding hydrogens is 496 g/mol. The summed E-state index contributed by atoms with van der Waals surface area (Å²) in [4.78, 5) is 27.5. The molecule has 0 radical (unpaired) electrons. The third kappa shape index (κ3) is 6.27. The lowest BCUT2D eigenvalue weighted by Gasteiger charge is -2.12. The van der Waals surface area contributed by atoms with Gasteiger partial charge >= 0.3 is 5.97 Å². The number of carbonyl (C=O) groups excluding carboxylic acids is 1. The summed E-state index contributed by atoms with van der Waals surface area (Å²) < 4.78 is 16.5. The molecule has 0 aliphatic carbocycles. The molecule has 0 atom stereocenters. The van der Waals surface area contributed by atoms with Gasteiger partial charge in [0.15, 0.2) is 11.5 Å². The molecule has 0 fully saturated rings. The zero-order valence-corrected chi connectivity index (χ0v) is 20.7. The number of nitro groups is 1. The van der Waals surface area contributed by atoms with Crippen molar-refractivity contribution in [2.45, 2.75) is 6.92 Å². The van der Waals surface area contributed by atoms with Crippen LogP contribution in [0.5, 0.6) is 17.2 Å². The number of nitrogens with one attached hydrogen (secondary N) is 1. The molecule has 0 bridgehead atoms. The van der Waals surface area contributed by atoms with Crippen LogP contribution in [-0.2, 0) is 0 Å². The van der Waals surface area contributed by atoms with Crippen LogP contribution in [0.2, 0.25) is 0 Å². The lowest BCUT2D eigenvalue weighted by molar-refractivity contribution is -0.384. The van der Waals surface area contributed by atoms with Gasteiger partial charge in [-0.2, -0.15) is 5.10 Å². The second-order valence-corrected chi connectivity index (χ2v) is 8.30. The number of hydrogen-bond acceptors (Lipinski definition) is 10. The number of thiazole rings is 1. The van der Waals surface area contributed by atoms with E-state index in [-0.39, 0.29) is 11.4 Å². The summed E-state index contributed by atoms with van der Waals surface area (Å²) in [6, 6.07) is 18.1. The molecule has 4 rings (SSSR count). The van der Waals surface area contributed by atoms with E-state index in [1.54, 1.807) is 60.8 Å². The van der Waals surface area contributed by atoms with Crippen molar-refractivity contribution in [2.24, 2.45) is 5.10 Å². The van der Waals surface area contributed by atoms with Crippen molar-refractivity contribution in [3.8, 4) is 28.5 Å². The Morgan fingerprint density at radius 3 is 2.62 bits per heavy atom. The molecule has 0 spiro atoms. The number of para-hydroxylation sites is 1. The summed E-state index contributed by atoms with van der Waals surface area (Å²) in [6.07, 6.45) is 1.58. The first-order valence-electron chi connectivity index (χ1n) is 11.1. The highest BCUT2D eigenvalue weighted by Crippen LogP contribution is 2.30. The summed E-state index contributed by atoms with van der Waals surface area (Å²) in [5, 5.41) is 17.4. The number of methoxy groups -OCH3 is 1. The normalized spacial score (nSPS) is 10.8. The van der Waals surface area contributed by atoms with Crippen LogP contribution in [0.25, 0.3) is 11.3 Å². The third-order valence-corrected chi connectivity index (χ3v) is 5.80. The molecule has 0 saturated heterocycles. The maximum atomic E-state index is 12.7. The fraction of sp³-hybridized carbons (Fsp3) is 0.115. The van der Waals surface area contributed by atoms with Gasteiger partial charge in [0.25, 0.3) is 5.69 Å². The average Bonchev–Trinajstić information content (AvgIpc) is 3.39. The molecule has 0 aliphatic heterocycles. The number of aromatic nitrogens is 1. The molecule has 0 aliphatic rings. The zero-order chi connectivity index (χ0) is 26.2. The van der Waals surface area contributed by atoms with Crippen LogP contribution in [0, 0.1) is 10.1 Å². The Bertz CT molecular complexity index is 1440. The number of non-ortho nitro benzene ring substituents is 1. The van der Waals surface area contributed by atoms with Gasteiger partial charge in [-0.25, -0.2) is 9.78 Å². The first kappa shape index (κ1) is 25.3. The minimum absolute atomic E-state index is 0.0222. The van der Waals surface area contributed by atoms with Crippen LogP contribution in [0.1, 0.15) is 22.8 Å². The van der Waals surface area contributed by atoms with E-state index >= 15 is 0 Å². The van der Waals surface area contributed by atoms with Crippen LogP contribution in [0.3, 0.4) is 0 Å². The standard InChI is InChI=1S/C26H22N4O6S/c1-3-35-24-14-17(8-13-23(24)36-25(31)20-6-4-5-7-22(20)34-2)15-27-29-26-28-21(16-37-26)18-9-11-19(12-10-18)30(32)33/h4-16H,3H2,1-2H3,(H,28,29). The maximum Gasteiger partial charge on any atom is 0.347 e. The van der Waals surface area contributed by atoms with E-state index in [1.165, 1.54) is 30.6 Å². The van der Waals surface area contributed by atoms with Gasteiger partial charge in [0.05, 0.1) is 30.5 Å². The van der Waals surface area contributed by atoms with Gasteiger partial charge in [0.2, 0.25) is 5.13 Å². The largest absolute Gasteiger partial charge is 0.496 e. The number of carbonyl (C=O) groups is 1. The predicted octanol–water partition coefficient (Wildman–Crippen LogP) is 5.79. The average molecular weight is 519 g/mol. The molecular formula is C26H22N4O6S. The van der Waals surface area contributed by atoms with Gasteiger partial charge in [0.1, 0.15) is 11.3 Å². The Balaban J connectivity index is 1.43. The second-order valence-electron chi connectivity index (χ2n) is 7.44. The molecule has 188 valence electrons. The molecule has 1 aromatic heterocycles. The Morgan fingerprint density at radius 2 is 1.89 bits per heavy atom. The highest BCUT2D eigenvalue weighted by molar-refractivity contribution is 7.14. The van der Waals surface area contributed by atoms with E-state index in [2.05, 4.69) is 15.5 Å². The molecule has 0 unspecified atom stereocenters. The van der Waals surface area contributed by atoms with Crippen LogP contribution in [-0.4, -0.2) is 35.8 Å². The van der Waals surface area contributed by atoms with E-state index in [0.29, 0.717) is 40.1 Å². The SMILES string of the molecule is CCOc1cc(C=NNc2nc(-c3ccc([N+](=O)[O-])cc3)cs2)ccc1OC(=O)c1ccccc1OC. The Kier molecular flexibility index (Phi) is 8.06. The molecule has 1 N–H and O–H groups in total. The quantitative estimate of drug-likeness (QED) is 0.0919. The van der Waals surface area contributed by atoms with Crippen LogP contribution in [0.4, 0.5) is 10.8 Å². The Hall–Kier alpha value is -4.77. The van der Waals surface area contributed by atoms with Crippen molar-refractivity contribution in [2.75, 3.05) is 19.1 Å². The lowest BCUT2D eigenvalue weighted by Crippen LogP contribution is -2.11. The van der Waals surface area contributed by atoms with Gasteiger partial charge in [-0.15, -0.1) is 11.3 Å². The van der Waals surface area contributed by atoms with Crippen molar-refractivity contribution in [1.82, 2.24) is 4.98 Å². The topological polar surface area (TPSA) is 125 Å². The van der Waals surface area contributed by atoms with E-state index < -0.39 is 10.9 Å². The minimum Gasteiger partial charge on any atom is -0.496 e. The molecule has 37 heavy (non-hydrogen) atoms. The van der Waals surface area contributed by atoms with Gasteiger partial charge in [0, 0.05) is 23.1 Å². The monoisotopic (exact) mass is 518 g/mol. The maximum absolute atomic E-state index is 12.7. The third-order valence-electron chi connectivity index (χ3n) is 5.05. The number of hydrazone groups is 1. The molecule has 0 amide bonds. The van der Waals surface area contributed by atoms with E-state index in [9.17, 15) is 14.9 Å². The number of ether oxygens (including phenoxy) is 3. The van der Waals surface area contributed by atoms with E-state index in [1.807, 2.05) is 12.3 Å². The van der Waals surface area contributed by atoms with Crippen LogP contribution < -0.4 is 19.6 Å². The number of benzene rings is 3. The van der Waals surface area contributed by atoms with Crippen LogP contribution in [0.15, 0.2) is 77.2 Å². The summed E-state index contributed by atoms with van der Waals surface area (Å²) in [6.45, 7) is 2.21. The van der Waals surface area contributed by atoms with Gasteiger partial charge < -0.3 is 14.2 Å². The van der Waals surface area contributed by atoms with E-state index in [0.717, 1.165) is 5.56 Å². The Labute approximate surface area is 216 Å². The predicted molar refractivity (Wildman–Crippen MR) is 141 cm³/mol. The van der Waals surface area contributed by atoms with Gasteiger partial charge in [-0.1, -0.05) is 12.1 Å². The number of rotatable bonds is 10. The number of hydrogen-bond donors (Lipinski definition) is 1. The number of nitrogens with zero attached hydrogens (tertiary/aromatic N) is 3. The van der Waals surface area contributed by atoms with E-state index in [4.69, 9.17) is 14.2 Å². The highest BCUT2D eigenvalue weighted by atomic mass is 32.1. The number of esters is 1. The zero-order valence-electron chi connectivity index (χ0n) is 19.9. The molecule has 10 nitrogen and oxygen atoms in total. The van der Waals surface area contributed by atoms with Crippen molar-refractivity contribution in [1.29, 1.82) is 0 Å². The lowest BCUT2D eigenvalue weighted by atomic mass is 10.1.